The van der Waals surface area contributed by atoms with E-state index in [4.69, 9.17) is 39.2 Å². The lowest BCUT2D eigenvalue weighted by Gasteiger charge is -2.22. The van der Waals surface area contributed by atoms with E-state index < -0.39 is 0 Å². The number of aromatic nitrogens is 1. The minimum atomic E-state index is 0.200. The molecule has 1 nitrogen and oxygen atoms in total. The Morgan fingerprint density at radius 2 is 1.23 bits per heavy atom. The van der Waals surface area contributed by atoms with Gasteiger partial charge in [0.1, 0.15) is 39.2 Å². The summed E-state index contributed by atoms with van der Waals surface area (Å²) >= 11 is 3.60. The average molecular weight is 449 g/mol. The zero-order valence-corrected chi connectivity index (χ0v) is 18.6. The van der Waals surface area contributed by atoms with Crippen LogP contribution in [-0.2, 0) is 0 Å². The standard InChI is InChI=1S/C24H13B5BrN/c1-12-10-18(14-8-6-13(7-9-14)15-4-2-3-5-17(15)30)31-11-16(12)19-20(25)22(27)24(29)23(28)21(19)26/h2-11H,1H3. The summed E-state index contributed by atoms with van der Waals surface area (Å²) in [4.78, 5) is 4.64. The summed E-state index contributed by atoms with van der Waals surface area (Å²) in [5.41, 5.74) is 7.65. The molecule has 0 N–H and O–H groups in total. The normalized spacial score (nSPS) is 10.9. The summed E-state index contributed by atoms with van der Waals surface area (Å²) in [7, 11) is 30.4. The smallest absolute Gasteiger partial charge is 0.113 e. The van der Waals surface area contributed by atoms with Crippen LogP contribution in [0.3, 0.4) is 0 Å². The van der Waals surface area contributed by atoms with Crippen LogP contribution in [0.25, 0.3) is 33.5 Å². The summed E-state index contributed by atoms with van der Waals surface area (Å²) in [6, 6.07) is 18.4. The van der Waals surface area contributed by atoms with Crippen molar-refractivity contribution < 1.29 is 0 Å². The second kappa shape index (κ2) is 8.63. The van der Waals surface area contributed by atoms with Crippen molar-refractivity contribution in [3.8, 4) is 33.5 Å². The van der Waals surface area contributed by atoms with E-state index in [0.29, 0.717) is 16.5 Å². The van der Waals surface area contributed by atoms with Gasteiger partial charge in [-0.25, -0.2) is 0 Å². The third-order valence-corrected chi connectivity index (χ3v) is 6.14. The van der Waals surface area contributed by atoms with Crippen molar-refractivity contribution in [2.75, 3.05) is 0 Å². The second-order valence-corrected chi connectivity index (χ2v) is 8.24. The number of hydrogen-bond donors (Lipinski definition) is 0. The summed E-state index contributed by atoms with van der Waals surface area (Å²) in [6.07, 6.45) is 1.74. The maximum Gasteiger partial charge on any atom is 0.113 e. The van der Waals surface area contributed by atoms with Crippen LogP contribution in [0.4, 0.5) is 0 Å². The molecule has 1 heterocycles. The van der Waals surface area contributed by atoms with Crippen molar-refractivity contribution in [1.29, 1.82) is 0 Å². The largest absolute Gasteiger partial charge is 0.256 e. The highest BCUT2D eigenvalue weighted by molar-refractivity contribution is 9.10. The fourth-order valence-corrected chi connectivity index (χ4v) is 4.15. The van der Waals surface area contributed by atoms with E-state index in [1.165, 1.54) is 0 Å². The molecule has 0 unspecified atom stereocenters. The van der Waals surface area contributed by atoms with Gasteiger partial charge < -0.3 is 0 Å². The molecular weight excluding hydrogens is 436 g/mol. The topological polar surface area (TPSA) is 12.9 Å². The predicted octanol–water partition coefficient (Wildman–Crippen LogP) is 1.12. The molecule has 0 aliphatic heterocycles. The Morgan fingerprint density at radius 3 is 1.81 bits per heavy atom. The summed E-state index contributed by atoms with van der Waals surface area (Å²) < 4.78 is 1.05. The lowest BCUT2D eigenvalue weighted by Crippen LogP contribution is -2.55. The predicted molar refractivity (Wildman–Crippen MR) is 140 cm³/mol. The number of aryl methyl sites for hydroxylation is 1. The van der Waals surface area contributed by atoms with Gasteiger partial charge in [-0.3, -0.25) is 4.98 Å². The second-order valence-electron chi connectivity index (χ2n) is 7.39. The maximum atomic E-state index is 6.22. The molecule has 7 heteroatoms. The molecule has 136 valence electrons. The van der Waals surface area contributed by atoms with Gasteiger partial charge in [0.25, 0.3) is 0 Å². The lowest BCUT2D eigenvalue weighted by atomic mass is 9.59. The first-order valence-electron chi connectivity index (χ1n) is 9.63. The zero-order valence-electron chi connectivity index (χ0n) is 17.0. The monoisotopic (exact) mass is 449 g/mol. The van der Waals surface area contributed by atoms with Gasteiger partial charge in [0.05, 0.1) is 5.69 Å². The van der Waals surface area contributed by atoms with E-state index >= 15 is 0 Å². The first kappa shape index (κ1) is 21.8. The minimum Gasteiger partial charge on any atom is -0.256 e. The third-order valence-electron chi connectivity index (χ3n) is 5.45. The molecule has 0 bridgehead atoms. The molecule has 0 aliphatic rings. The first-order chi connectivity index (χ1) is 14.8. The first-order valence-corrected chi connectivity index (χ1v) is 10.4. The molecule has 1 aromatic heterocycles. The molecule has 0 saturated heterocycles. The van der Waals surface area contributed by atoms with Crippen LogP contribution in [0.5, 0.6) is 0 Å². The van der Waals surface area contributed by atoms with Crippen LogP contribution in [0.2, 0.25) is 0 Å². The summed E-state index contributed by atoms with van der Waals surface area (Å²) in [6.45, 7) is 1.97. The SMILES string of the molecule is [B]c1c([B])c([B])c(-c2cnc(-c3ccc(-c4ccccc4Br)cc3)cc2C)c([B])c1[B]. The Hall–Kier alpha value is -2.39. The number of pyridine rings is 1. The van der Waals surface area contributed by atoms with Crippen LogP contribution in [0, 0.1) is 6.92 Å². The minimum absolute atomic E-state index is 0.200. The quantitative estimate of drug-likeness (QED) is 0.428. The zero-order chi connectivity index (χ0) is 22.3. The summed E-state index contributed by atoms with van der Waals surface area (Å²) in [5.74, 6) is 0. The number of halogens is 1. The Labute approximate surface area is 198 Å². The Balaban J connectivity index is 1.73. The molecule has 3 aromatic carbocycles. The maximum absolute atomic E-state index is 6.22. The summed E-state index contributed by atoms with van der Waals surface area (Å²) in [5, 5.41) is 0. The molecule has 0 spiro atoms. The fourth-order valence-electron chi connectivity index (χ4n) is 3.63. The number of rotatable bonds is 3. The lowest BCUT2D eigenvalue weighted by molar-refractivity contribution is 1.29. The molecule has 0 atom stereocenters. The Kier molecular flexibility index (Phi) is 6.08. The van der Waals surface area contributed by atoms with Crippen molar-refractivity contribution in [3.63, 3.8) is 0 Å². The Bertz CT molecular complexity index is 1270. The Morgan fingerprint density at radius 1 is 0.677 bits per heavy atom. The number of benzene rings is 3. The van der Waals surface area contributed by atoms with E-state index in [2.05, 4.69) is 51.2 Å². The van der Waals surface area contributed by atoms with E-state index in [1.807, 2.05) is 31.2 Å². The number of hydrogen-bond acceptors (Lipinski definition) is 1. The van der Waals surface area contributed by atoms with Gasteiger partial charge in [0, 0.05) is 21.8 Å². The van der Waals surface area contributed by atoms with Crippen molar-refractivity contribution in [3.05, 3.63) is 70.8 Å². The highest BCUT2D eigenvalue weighted by atomic mass is 79.9. The van der Waals surface area contributed by atoms with Crippen LogP contribution in [-0.4, -0.2) is 44.2 Å². The average Bonchev–Trinajstić information content (AvgIpc) is 2.78. The van der Waals surface area contributed by atoms with Crippen molar-refractivity contribution >= 4 is 82.5 Å². The van der Waals surface area contributed by atoms with Gasteiger partial charge in [-0.1, -0.05) is 69.3 Å². The van der Waals surface area contributed by atoms with Crippen LogP contribution >= 0.6 is 15.9 Å². The van der Waals surface area contributed by atoms with E-state index in [0.717, 1.165) is 38.0 Å². The van der Waals surface area contributed by atoms with Crippen molar-refractivity contribution in [2.24, 2.45) is 0 Å². The van der Waals surface area contributed by atoms with E-state index in [-0.39, 0.29) is 16.4 Å². The molecule has 4 rings (SSSR count). The molecule has 0 aliphatic carbocycles. The third kappa shape index (κ3) is 3.96. The van der Waals surface area contributed by atoms with Crippen molar-refractivity contribution in [2.45, 2.75) is 6.92 Å². The highest BCUT2D eigenvalue weighted by Gasteiger charge is 2.15. The van der Waals surface area contributed by atoms with Crippen LogP contribution in [0.1, 0.15) is 5.56 Å². The van der Waals surface area contributed by atoms with Gasteiger partial charge in [-0.05, 0) is 41.3 Å². The number of nitrogens with zero attached hydrogens (tertiary/aromatic N) is 1. The molecule has 31 heavy (non-hydrogen) atoms. The van der Waals surface area contributed by atoms with Gasteiger partial charge in [0.2, 0.25) is 0 Å². The molecule has 4 aromatic rings. The van der Waals surface area contributed by atoms with Gasteiger partial charge >= 0.3 is 0 Å². The van der Waals surface area contributed by atoms with Crippen LogP contribution < -0.4 is 27.3 Å². The molecule has 0 amide bonds. The molecule has 0 fully saturated rings. The fraction of sp³-hybridized carbons (Fsp3) is 0.0417. The van der Waals surface area contributed by atoms with Gasteiger partial charge in [-0.2, -0.15) is 0 Å². The van der Waals surface area contributed by atoms with E-state index in [1.54, 1.807) is 6.20 Å². The highest BCUT2D eigenvalue weighted by Crippen LogP contribution is 2.30. The van der Waals surface area contributed by atoms with Crippen LogP contribution in [0.15, 0.2) is 65.3 Å². The molecule has 10 radical (unpaired) electrons. The van der Waals surface area contributed by atoms with Crippen molar-refractivity contribution in [1.82, 2.24) is 4.98 Å². The van der Waals surface area contributed by atoms with E-state index in [9.17, 15) is 0 Å². The van der Waals surface area contributed by atoms with Gasteiger partial charge in [0.15, 0.2) is 0 Å². The molecule has 0 saturated carbocycles. The van der Waals surface area contributed by atoms with Gasteiger partial charge in [-0.15, -0.1) is 16.4 Å². The molecular formula is C24H13B5BrN.